The molecule has 0 aliphatic carbocycles. The zero-order valence-electron chi connectivity index (χ0n) is 17.7. The van der Waals surface area contributed by atoms with Crippen molar-refractivity contribution in [1.82, 2.24) is 5.32 Å². The van der Waals surface area contributed by atoms with Crippen LogP contribution in [0.4, 0.5) is 0 Å². The summed E-state index contributed by atoms with van der Waals surface area (Å²) in [6, 6.07) is 16.1. The van der Waals surface area contributed by atoms with Crippen molar-refractivity contribution in [3.05, 3.63) is 69.7 Å². The second-order valence-corrected chi connectivity index (χ2v) is 9.48. The first-order valence-electron chi connectivity index (χ1n) is 10.9. The second kappa shape index (κ2) is 9.83. The topological polar surface area (TPSA) is 32.3 Å². The molecule has 0 saturated carbocycles. The van der Waals surface area contributed by atoms with Crippen LogP contribution in [0.1, 0.15) is 76.1 Å². The molecule has 0 spiro atoms. The van der Waals surface area contributed by atoms with Gasteiger partial charge in [0.1, 0.15) is 0 Å². The minimum atomic E-state index is -0.742. The average Bonchev–Trinajstić information content (AvgIpc) is 2.72. The minimum Gasteiger partial charge on any atom is -0.389 e. The van der Waals surface area contributed by atoms with Crippen LogP contribution < -0.4 is 5.32 Å². The molecule has 0 radical (unpaired) electrons. The summed E-state index contributed by atoms with van der Waals surface area (Å²) in [5.74, 6) is 0.174. The Morgan fingerprint density at radius 2 is 1.24 bits per heavy atom. The van der Waals surface area contributed by atoms with E-state index in [2.05, 4.69) is 50.4 Å². The smallest absolute Gasteiger partial charge is 0.0734 e. The van der Waals surface area contributed by atoms with Crippen LogP contribution in [0.25, 0.3) is 0 Å². The molecular formula is C25H33Cl2NO. The molecule has 2 aromatic rings. The standard InChI is InChI=1S/C25H33Cl2NO/c1-4-5-6-7-16-25(29)17(2)23(19-8-12-21(26)13-9-19)28-24(18(25)3)20-10-14-22(27)15-11-20/h8-15,17-18,23-24,28-29H,4-7,16H2,1-3H3. The molecule has 0 aromatic heterocycles. The lowest BCUT2D eigenvalue weighted by Crippen LogP contribution is -2.57. The SMILES string of the molecule is CCCCCCC1(O)C(C)C(c2ccc(Cl)cc2)NC(c2ccc(Cl)cc2)C1C. The van der Waals surface area contributed by atoms with Crippen molar-refractivity contribution in [3.63, 3.8) is 0 Å². The van der Waals surface area contributed by atoms with Gasteiger partial charge < -0.3 is 10.4 Å². The molecule has 1 heterocycles. The van der Waals surface area contributed by atoms with Crippen LogP contribution >= 0.6 is 23.2 Å². The van der Waals surface area contributed by atoms with Crippen molar-refractivity contribution in [3.8, 4) is 0 Å². The van der Waals surface area contributed by atoms with Gasteiger partial charge in [-0.15, -0.1) is 0 Å². The van der Waals surface area contributed by atoms with E-state index in [1.54, 1.807) is 0 Å². The quantitative estimate of drug-likeness (QED) is 0.447. The zero-order valence-corrected chi connectivity index (χ0v) is 19.2. The highest BCUT2D eigenvalue weighted by atomic mass is 35.5. The number of unbranched alkanes of at least 4 members (excludes halogenated alkanes) is 3. The Labute approximate surface area is 185 Å². The van der Waals surface area contributed by atoms with Gasteiger partial charge in [-0.25, -0.2) is 0 Å². The molecule has 29 heavy (non-hydrogen) atoms. The van der Waals surface area contributed by atoms with Gasteiger partial charge in [-0.1, -0.05) is 93.9 Å². The number of benzene rings is 2. The van der Waals surface area contributed by atoms with Crippen molar-refractivity contribution < 1.29 is 5.11 Å². The van der Waals surface area contributed by atoms with E-state index in [9.17, 15) is 5.11 Å². The number of rotatable bonds is 7. The minimum absolute atomic E-state index is 0.0559. The third kappa shape index (κ3) is 4.99. The predicted octanol–water partition coefficient (Wildman–Crippen LogP) is 7.35. The van der Waals surface area contributed by atoms with E-state index in [0.29, 0.717) is 0 Å². The van der Waals surface area contributed by atoms with Gasteiger partial charge in [0.05, 0.1) is 5.60 Å². The fraction of sp³-hybridized carbons (Fsp3) is 0.520. The van der Waals surface area contributed by atoms with Gasteiger partial charge in [0.2, 0.25) is 0 Å². The summed E-state index contributed by atoms with van der Waals surface area (Å²) in [5, 5.41) is 17.3. The predicted molar refractivity (Wildman–Crippen MR) is 124 cm³/mol. The van der Waals surface area contributed by atoms with E-state index in [-0.39, 0.29) is 23.9 Å². The summed E-state index contributed by atoms with van der Waals surface area (Å²) in [6.07, 6.45) is 5.47. The summed E-state index contributed by atoms with van der Waals surface area (Å²) >= 11 is 12.2. The summed E-state index contributed by atoms with van der Waals surface area (Å²) in [6.45, 7) is 6.58. The van der Waals surface area contributed by atoms with Crippen molar-refractivity contribution in [2.45, 2.75) is 70.6 Å². The molecule has 3 rings (SSSR count). The number of nitrogens with one attached hydrogen (secondary N) is 1. The van der Waals surface area contributed by atoms with Gasteiger partial charge in [-0.3, -0.25) is 0 Å². The Morgan fingerprint density at radius 3 is 1.66 bits per heavy atom. The van der Waals surface area contributed by atoms with E-state index >= 15 is 0 Å². The first-order valence-corrected chi connectivity index (χ1v) is 11.6. The first-order chi connectivity index (χ1) is 13.9. The Bertz CT molecular complexity index is 717. The van der Waals surface area contributed by atoms with E-state index in [0.717, 1.165) is 22.9 Å². The van der Waals surface area contributed by atoms with Gasteiger partial charge >= 0.3 is 0 Å². The van der Waals surface area contributed by atoms with Crippen LogP contribution in [0.2, 0.25) is 10.0 Å². The van der Waals surface area contributed by atoms with Crippen molar-refractivity contribution >= 4 is 23.2 Å². The third-order valence-electron chi connectivity index (χ3n) is 6.83. The van der Waals surface area contributed by atoms with E-state index in [1.165, 1.54) is 30.4 Å². The maximum Gasteiger partial charge on any atom is 0.0734 e. The van der Waals surface area contributed by atoms with Crippen LogP contribution in [0.5, 0.6) is 0 Å². The maximum atomic E-state index is 12.0. The highest BCUT2D eigenvalue weighted by Crippen LogP contribution is 2.49. The fourth-order valence-corrected chi connectivity index (χ4v) is 5.13. The van der Waals surface area contributed by atoms with Crippen LogP contribution in [-0.2, 0) is 0 Å². The van der Waals surface area contributed by atoms with Crippen LogP contribution in [0.15, 0.2) is 48.5 Å². The Hall–Kier alpha value is -1.06. The van der Waals surface area contributed by atoms with Gasteiger partial charge in [0, 0.05) is 34.0 Å². The first kappa shape index (κ1) is 22.6. The zero-order chi connectivity index (χ0) is 21.0. The van der Waals surface area contributed by atoms with Gasteiger partial charge in [-0.05, 0) is 41.8 Å². The van der Waals surface area contributed by atoms with E-state index in [1.807, 2.05) is 24.3 Å². The van der Waals surface area contributed by atoms with Crippen molar-refractivity contribution in [2.24, 2.45) is 11.8 Å². The molecule has 2 N–H and O–H groups in total. The number of halogens is 2. The Morgan fingerprint density at radius 1 is 0.793 bits per heavy atom. The number of hydrogen-bond donors (Lipinski definition) is 2. The Balaban J connectivity index is 1.94. The summed E-state index contributed by atoms with van der Waals surface area (Å²) in [5.41, 5.74) is 1.59. The number of aliphatic hydroxyl groups is 1. The lowest BCUT2D eigenvalue weighted by Gasteiger charge is -2.52. The van der Waals surface area contributed by atoms with Gasteiger partial charge in [-0.2, -0.15) is 0 Å². The average molecular weight is 434 g/mol. The van der Waals surface area contributed by atoms with Crippen LogP contribution in [0.3, 0.4) is 0 Å². The highest BCUT2D eigenvalue weighted by Gasteiger charge is 2.50. The molecule has 0 bridgehead atoms. The molecule has 1 fully saturated rings. The van der Waals surface area contributed by atoms with Crippen LogP contribution in [-0.4, -0.2) is 10.7 Å². The highest BCUT2D eigenvalue weighted by molar-refractivity contribution is 6.30. The molecule has 4 heteroatoms. The Kier molecular flexibility index (Phi) is 7.67. The number of piperidine rings is 1. The molecule has 4 atom stereocenters. The normalized spacial score (nSPS) is 29.7. The van der Waals surface area contributed by atoms with Gasteiger partial charge in [0.25, 0.3) is 0 Å². The largest absolute Gasteiger partial charge is 0.389 e. The lowest BCUT2D eigenvalue weighted by atomic mass is 9.64. The summed E-state index contributed by atoms with van der Waals surface area (Å²) < 4.78 is 0. The van der Waals surface area contributed by atoms with Gasteiger partial charge in [0.15, 0.2) is 0 Å². The molecule has 158 valence electrons. The third-order valence-corrected chi connectivity index (χ3v) is 7.33. The number of hydrogen-bond acceptors (Lipinski definition) is 2. The second-order valence-electron chi connectivity index (χ2n) is 8.60. The van der Waals surface area contributed by atoms with Crippen molar-refractivity contribution in [2.75, 3.05) is 0 Å². The molecule has 4 unspecified atom stereocenters. The molecule has 2 aromatic carbocycles. The fourth-order valence-electron chi connectivity index (χ4n) is 4.87. The summed E-state index contributed by atoms with van der Waals surface area (Å²) in [7, 11) is 0. The van der Waals surface area contributed by atoms with E-state index in [4.69, 9.17) is 23.2 Å². The lowest BCUT2D eigenvalue weighted by molar-refractivity contribution is -0.117. The van der Waals surface area contributed by atoms with Crippen LogP contribution in [0, 0.1) is 11.8 Å². The molecule has 1 aliphatic rings. The maximum absolute atomic E-state index is 12.0. The van der Waals surface area contributed by atoms with Crippen molar-refractivity contribution in [1.29, 1.82) is 0 Å². The molecule has 1 saturated heterocycles. The summed E-state index contributed by atoms with van der Waals surface area (Å²) in [4.78, 5) is 0. The van der Waals surface area contributed by atoms with E-state index < -0.39 is 5.60 Å². The molecule has 1 aliphatic heterocycles. The monoisotopic (exact) mass is 433 g/mol. The molecule has 2 nitrogen and oxygen atoms in total. The molecule has 0 amide bonds. The molecular weight excluding hydrogens is 401 g/mol.